The molecule has 0 saturated carbocycles. The van der Waals surface area contributed by atoms with Crippen molar-refractivity contribution in [3.05, 3.63) is 36.7 Å². The van der Waals surface area contributed by atoms with Crippen molar-refractivity contribution in [2.75, 3.05) is 5.73 Å². The van der Waals surface area contributed by atoms with Crippen molar-refractivity contribution in [3.8, 4) is 0 Å². The second-order valence-electron chi connectivity index (χ2n) is 3.42. The topological polar surface area (TPSA) is 163 Å². The summed E-state index contributed by atoms with van der Waals surface area (Å²) in [5.74, 6) is 0. The Morgan fingerprint density at radius 1 is 1.10 bits per heavy atom. The minimum absolute atomic E-state index is 0.465. The Kier molecular flexibility index (Phi) is 4.83. The monoisotopic (exact) mass is 321 g/mol. The van der Waals surface area contributed by atoms with Gasteiger partial charge in [-0.1, -0.05) is 0 Å². The maximum Gasteiger partial charge on any atom is 0.296 e. The molecule has 9 nitrogen and oxygen atoms in total. The molecule has 0 unspecified atom stereocenters. The molecular formula is C9H11N3O6S2. The molecule has 11 heteroatoms. The van der Waals surface area contributed by atoms with Gasteiger partial charge in [-0.3, -0.25) is 14.2 Å². The molecule has 1 heterocycles. The Balaban J connectivity index is 0.000000333. The highest BCUT2D eigenvalue weighted by Crippen LogP contribution is 2.21. The van der Waals surface area contributed by atoms with Gasteiger partial charge in [-0.05, 0) is 24.3 Å². The van der Waals surface area contributed by atoms with Crippen LogP contribution in [0.1, 0.15) is 0 Å². The average Bonchev–Trinajstić information content (AvgIpc) is 2.84. The molecule has 0 fully saturated rings. The summed E-state index contributed by atoms with van der Waals surface area (Å²) in [6.45, 7) is 0. The van der Waals surface area contributed by atoms with Crippen molar-refractivity contribution >= 4 is 25.9 Å². The van der Waals surface area contributed by atoms with Crippen molar-refractivity contribution in [2.24, 2.45) is 0 Å². The van der Waals surface area contributed by atoms with Crippen LogP contribution in [0.15, 0.2) is 46.5 Å². The van der Waals surface area contributed by atoms with Crippen LogP contribution in [0, 0.1) is 0 Å². The Hall–Kier alpha value is -1.95. The van der Waals surface area contributed by atoms with E-state index in [1.807, 2.05) is 6.07 Å². The SMILES string of the molecule is Nc1cc(S(=O)(=O)O)ccc1S(=O)(=O)O.c1cn[nH]c1. The van der Waals surface area contributed by atoms with Crippen LogP contribution in [0.2, 0.25) is 0 Å². The normalized spacial score (nSPS) is 11.5. The van der Waals surface area contributed by atoms with Crippen LogP contribution in [0.3, 0.4) is 0 Å². The maximum absolute atomic E-state index is 10.7. The van der Waals surface area contributed by atoms with Crippen LogP contribution in [0.25, 0.3) is 0 Å². The van der Waals surface area contributed by atoms with E-state index in [1.165, 1.54) is 0 Å². The van der Waals surface area contributed by atoms with E-state index in [-0.39, 0.29) is 0 Å². The lowest BCUT2D eigenvalue weighted by molar-refractivity contribution is 0.479. The van der Waals surface area contributed by atoms with Gasteiger partial charge < -0.3 is 5.73 Å². The highest BCUT2D eigenvalue weighted by atomic mass is 32.2. The van der Waals surface area contributed by atoms with Crippen molar-refractivity contribution in [2.45, 2.75) is 9.79 Å². The fourth-order valence-electron chi connectivity index (χ4n) is 1.14. The molecule has 0 bridgehead atoms. The number of H-pyrrole nitrogens is 1. The third kappa shape index (κ3) is 4.62. The van der Waals surface area contributed by atoms with E-state index in [2.05, 4.69) is 10.2 Å². The van der Waals surface area contributed by atoms with E-state index in [0.29, 0.717) is 0 Å². The summed E-state index contributed by atoms with van der Waals surface area (Å²) in [7, 11) is -8.94. The van der Waals surface area contributed by atoms with E-state index >= 15 is 0 Å². The van der Waals surface area contributed by atoms with Gasteiger partial charge in [0.05, 0.1) is 10.6 Å². The molecule has 0 aliphatic carbocycles. The quantitative estimate of drug-likeness (QED) is 0.449. The van der Waals surface area contributed by atoms with Gasteiger partial charge in [-0.15, -0.1) is 0 Å². The number of anilines is 1. The summed E-state index contributed by atoms with van der Waals surface area (Å²) >= 11 is 0. The summed E-state index contributed by atoms with van der Waals surface area (Å²) in [6.07, 6.45) is 3.46. The minimum Gasteiger partial charge on any atom is -0.398 e. The number of benzene rings is 1. The summed E-state index contributed by atoms with van der Waals surface area (Å²) < 4.78 is 59.9. The van der Waals surface area contributed by atoms with Gasteiger partial charge in [-0.25, -0.2) is 0 Å². The van der Waals surface area contributed by atoms with Crippen LogP contribution in [0.5, 0.6) is 0 Å². The van der Waals surface area contributed by atoms with Crippen molar-refractivity contribution in [1.82, 2.24) is 10.2 Å². The second kappa shape index (κ2) is 6.00. The molecule has 20 heavy (non-hydrogen) atoms. The van der Waals surface area contributed by atoms with Crippen molar-refractivity contribution in [1.29, 1.82) is 0 Å². The Labute approximate surface area is 114 Å². The molecule has 110 valence electrons. The van der Waals surface area contributed by atoms with Crippen molar-refractivity contribution < 1.29 is 25.9 Å². The molecule has 0 aliphatic rings. The highest BCUT2D eigenvalue weighted by Gasteiger charge is 2.17. The molecule has 0 amide bonds. The second-order valence-corrected chi connectivity index (χ2v) is 6.23. The lowest BCUT2D eigenvalue weighted by Gasteiger charge is -2.03. The van der Waals surface area contributed by atoms with Gasteiger partial charge in [0.1, 0.15) is 4.90 Å². The summed E-state index contributed by atoms with van der Waals surface area (Å²) in [4.78, 5) is -1.16. The van der Waals surface area contributed by atoms with Gasteiger partial charge in [-0.2, -0.15) is 21.9 Å². The fraction of sp³-hybridized carbons (Fsp3) is 0. The molecule has 1 aromatic carbocycles. The van der Waals surface area contributed by atoms with E-state index in [0.717, 1.165) is 18.2 Å². The predicted molar refractivity (Wildman–Crippen MR) is 69.1 cm³/mol. The van der Waals surface area contributed by atoms with Gasteiger partial charge in [0.25, 0.3) is 20.2 Å². The third-order valence-corrected chi connectivity index (χ3v) is 3.74. The number of hydrogen-bond acceptors (Lipinski definition) is 6. The average molecular weight is 321 g/mol. The summed E-state index contributed by atoms with van der Waals surface area (Å²) in [5, 5.41) is 6.21. The Morgan fingerprint density at radius 2 is 1.75 bits per heavy atom. The third-order valence-electron chi connectivity index (χ3n) is 1.96. The number of hydrogen-bond donors (Lipinski definition) is 4. The molecule has 0 atom stereocenters. The number of nitrogens with two attached hydrogens (primary N) is 1. The molecule has 2 aromatic rings. The fourth-order valence-corrected chi connectivity index (χ4v) is 2.25. The molecule has 2 rings (SSSR count). The first kappa shape index (κ1) is 16.1. The van der Waals surface area contributed by atoms with Gasteiger partial charge in [0, 0.05) is 12.4 Å². The smallest absolute Gasteiger partial charge is 0.296 e. The maximum atomic E-state index is 10.7. The zero-order valence-corrected chi connectivity index (χ0v) is 11.5. The minimum atomic E-state index is -4.50. The summed E-state index contributed by atoms with van der Waals surface area (Å²) in [5.41, 5.74) is 4.72. The number of nitrogens with one attached hydrogen (secondary N) is 1. The molecule has 0 spiro atoms. The largest absolute Gasteiger partial charge is 0.398 e. The van der Waals surface area contributed by atoms with Gasteiger partial charge in [0.15, 0.2) is 0 Å². The molecule has 5 N–H and O–H groups in total. The molecule has 0 aliphatic heterocycles. The first-order chi connectivity index (χ1) is 9.12. The zero-order chi connectivity index (χ0) is 15.4. The first-order valence-corrected chi connectivity index (χ1v) is 7.78. The van der Waals surface area contributed by atoms with Crippen LogP contribution < -0.4 is 5.73 Å². The standard InChI is InChI=1S/C6H7NO6S2.C3H4N2/c7-5-3-4(14(8,9)10)1-2-6(5)15(11,12)13;1-2-4-5-3-1/h1-3H,7H2,(H,8,9,10)(H,11,12,13);1-3H,(H,4,5). The van der Waals surface area contributed by atoms with Crippen LogP contribution in [-0.2, 0) is 20.2 Å². The van der Waals surface area contributed by atoms with Crippen molar-refractivity contribution in [3.63, 3.8) is 0 Å². The highest BCUT2D eigenvalue weighted by molar-refractivity contribution is 7.86. The Morgan fingerprint density at radius 3 is 2.05 bits per heavy atom. The lowest BCUT2D eigenvalue weighted by atomic mass is 10.3. The van der Waals surface area contributed by atoms with E-state index in [1.54, 1.807) is 12.4 Å². The molecular weight excluding hydrogens is 310 g/mol. The predicted octanol–water partition coefficient (Wildman–Crippen LogP) is 0.172. The summed E-state index contributed by atoms with van der Waals surface area (Å²) in [6, 6.07) is 4.17. The van der Waals surface area contributed by atoms with Crippen LogP contribution in [-0.4, -0.2) is 36.1 Å². The van der Waals surface area contributed by atoms with Crippen LogP contribution >= 0.6 is 0 Å². The number of nitrogens with zero attached hydrogens (tertiary/aromatic N) is 1. The molecule has 1 aromatic heterocycles. The lowest BCUT2D eigenvalue weighted by Crippen LogP contribution is -2.05. The van der Waals surface area contributed by atoms with Gasteiger partial charge >= 0.3 is 0 Å². The number of nitrogen functional groups attached to an aromatic ring is 1. The van der Waals surface area contributed by atoms with E-state index in [9.17, 15) is 16.8 Å². The molecule has 0 radical (unpaired) electrons. The zero-order valence-electron chi connectivity index (χ0n) is 9.83. The van der Waals surface area contributed by atoms with Crippen LogP contribution in [0.4, 0.5) is 5.69 Å². The Bertz CT molecular complexity index is 751. The van der Waals surface area contributed by atoms with E-state index < -0.39 is 35.7 Å². The molecule has 0 saturated heterocycles. The van der Waals surface area contributed by atoms with E-state index in [4.69, 9.17) is 14.8 Å². The van der Waals surface area contributed by atoms with Gasteiger partial charge in [0.2, 0.25) is 0 Å². The number of aromatic nitrogens is 2. The number of aromatic amines is 1. The number of rotatable bonds is 2. The first-order valence-electron chi connectivity index (χ1n) is 4.90.